The van der Waals surface area contributed by atoms with E-state index in [-0.39, 0.29) is 24.1 Å². The Labute approximate surface area is 194 Å². The summed E-state index contributed by atoms with van der Waals surface area (Å²) in [6, 6.07) is 9.26. The first-order valence-electron chi connectivity index (χ1n) is 9.76. The monoisotopic (exact) mass is 488 g/mol. The molecule has 4 aromatic rings. The molecule has 1 aliphatic heterocycles. The number of fused-ring (bicyclic) bond motifs is 2. The molecule has 0 atom stereocenters. The van der Waals surface area contributed by atoms with Gasteiger partial charge in [0, 0.05) is 12.1 Å². The second kappa shape index (κ2) is 9.11. The van der Waals surface area contributed by atoms with Gasteiger partial charge in [0.05, 0.1) is 16.0 Å². The standard InChI is InChI=1S/C20H17FN6O4S2/c21-11-1-3-12(4-2-11)31-9-17-25-26-20(27(17)22)32-10-18(28)24-19-23-13-7-14-15(8-16(13)33-19)30-6-5-29-14/h1-4,7-8H,5-6,9-10,22H2,(H,23,24,28). The summed E-state index contributed by atoms with van der Waals surface area (Å²) in [6.45, 7) is 1.05. The minimum atomic E-state index is -0.352. The molecule has 0 fully saturated rings. The van der Waals surface area contributed by atoms with Crippen LogP contribution < -0.4 is 25.4 Å². The zero-order valence-corrected chi connectivity index (χ0v) is 18.6. The topological polar surface area (TPSA) is 126 Å². The number of rotatable bonds is 7. The summed E-state index contributed by atoms with van der Waals surface area (Å²) in [5, 5.41) is 11.6. The molecule has 170 valence electrons. The molecule has 0 bridgehead atoms. The van der Waals surface area contributed by atoms with Crippen molar-refractivity contribution >= 4 is 44.4 Å². The zero-order chi connectivity index (χ0) is 22.8. The first-order chi connectivity index (χ1) is 16.0. The van der Waals surface area contributed by atoms with Gasteiger partial charge in [-0.15, -0.1) is 10.2 Å². The van der Waals surface area contributed by atoms with Crippen LogP contribution >= 0.6 is 23.1 Å². The van der Waals surface area contributed by atoms with Crippen LogP contribution in [-0.4, -0.2) is 44.7 Å². The molecule has 13 heteroatoms. The van der Waals surface area contributed by atoms with Crippen LogP contribution in [0.4, 0.5) is 9.52 Å². The molecule has 0 aliphatic carbocycles. The van der Waals surface area contributed by atoms with E-state index in [0.29, 0.717) is 46.6 Å². The Morgan fingerprint density at radius 3 is 2.76 bits per heavy atom. The number of anilines is 1. The van der Waals surface area contributed by atoms with Crippen molar-refractivity contribution in [2.45, 2.75) is 11.8 Å². The molecule has 0 radical (unpaired) electrons. The van der Waals surface area contributed by atoms with Gasteiger partial charge in [-0.3, -0.25) is 4.79 Å². The third kappa shape index (κ3) is 4.78. The molecule has 3 N–H and O–H groups in total. The lowest BCUT2D eigenvalue weighted by molar-refractivity contribution is -0.113. The lowest BCUT2D eigenvalue weighted by atomic mass is 10.3. The minimum absolute atomic E-state index is 0.0466. The van der Waals surface area contributed by atoms with Crippen LogP contribution in [0.25, 0.3) is 10.2 Å². The lowest BCUT2D eigenvalue weighted by Gasteiger charge is -2.17. The normalized spacial score (nSPS) is 12.6. The maximum Gasteiger partial charge on any atom is 0.236 e. The van der Waals surface area contributed by atoms with Gasteiger partial charge in [0.25, 0.3) is 0 Å². The van der Waals surface area contributed by atoms with E-state index < -0.39 is 0 Å². The summed E-state index contributed by atoms with van der Waals surface area (Å²) >= 11 is 2.48. The van der Waals surface area contributed by atoms with Crippen molar-refractivity contribution in [3.63, 3.8) is 0 Å². The van der Waals surface area contributed by atoms with Crippen molar-refractivity contribution in [1.29, 1.82) is 0 Å². The Hall–Kier alpha value is -3.58. The van der Waals surface area contributed by atoms with Crippen LogP contribution in [0.5, 0.6) is 17.2 Å². The highest BCUT2D eigenvalue weighted by atomic mass is 32.2. The molecule has 10 nitrogen and oxygen atoms in total. The van der Waals surface area contributed by atoms with Crippen molar-refractivity contribution < 1.29 is 23.4 Å². The molecule has 2 aromatic heterocycles. The zero-order valence-electron chi connectivity index (χ0n) is 17.0. The first kappa shape index (κ1) is 21.3. The van der Waals surface area contributed by atoms with Gasteiger partial charge in [-0.05, 0) is 24.3 Å². The summed E-state index contributed by atoms with van der Waals surface area (Å²) in [7, 11) is 0. The van der Waals surface area contributed by atoms with Gasteiger partial charge in [0.1, 0.15) is 31.4 Å². The van der Waals surface area contributed by atoms with Crippen LogP contribution in [0.15, 0.2) is 41.6 Å². The Kier molecular flexibility index (Phi) is 5.88. The molecule has 0 saturated carbocycles. The molecule has 1 amide bonds. The maximum atomic E-state index is 13.0. The van der Waals surface area contributed by atoms with Gasteiger partial charge in [-0.25, -0.2) is 14.1 Å². The Morgan fingerprint density at radius 1 is 1.21 bits per heavy atom. The van der Waals surface area contributed by atoms with E-state index in [1.807, 2.05) is 6.07 Å². The van der Waals surface area contributed by atoms with E-state index in [2.05, 4.69) is 20.5 Å². The quantitative estimate of drug-likeness (QED) is 0.298. The average molecular weight is 489 g/mol. The highest BCUT2D eigenvalue weighted by molar-refractivity contribution is 7.99. The minimum Gasteiger partial charge on any atom is -0.486 e. The fraction of sp³-hybridized carbons (Fsp3) is 0.200. The van der Waals surface area contributed by atoms with E-state index in [1.165, 1.54) is 40.3 Å². The smallest absolute Gasteiger partial charge is 0.236 e. The number of ether oxygens (including phenoxy) is 3. The number of carbonyl (C=O) groups excluding carboxylic acids is 1. The number of nitrogens with zero attached hydrogens (tertiary/aromatic N) is 4. The van der Waals surface area contributed by atoms with Crippen molar-refractivity contribution in [3.05, 3.63) is 48.0 Å². The molecular formula is C20H17FN6O4S2. The lowest BCUT2D eigenvalue weighted by Crippen LogP contribution is -2.18. The molecule has 3 heterocycles. The number of halogens is 1. The molecule has 0 saturated heterocycles. The number of carbonyl (C=O) groups is 1. The second-order valence-corrected chi connectivity index (χ2v) is 8.80. The van der Waals surface area contributed by atoms with Crippen LogP contribution in [0.2, 0.25) is 0 Å². The summed E-state index contributed by atoms with van der Waals surface area (Å²) in [5.74, 6) is 7.61. The number of hydrogen-bond donors (Lipinski definition) is 2. The van der Waals surface area contributed by atoms with E-state index in [1.54, 1.807) is 6.07 Å². The number of nitrogens with two attached hydrogens (primary N) is 1. The third-order valence-electron chi connectivity index (χ3n) is 4.55. The summed E-state index contributed by atoms with van der Waals surface area (Å²) in [5.41, 5.74) is 0.722. The molecule has 0 unspecified atom stereocenters. The van der Waals surface area contributed by atoms with Crippen molar-refractivity contribution in [2.24, 2.45) is 0 Å². The van der Waals surface area contributed by atoms with Crippen molar-refractivity contribution in [3.8, 4) is 17.2 Å². The van der Waals surface area contributed by atoms with Gasteiger partial charge < -0.3 is 25.4 Å². The number of thiazole rings is 1. The highest BCUT2D eigenvalue weighted by Crippen LogP contribution is 2.37. The number of benzene rings is 2. The maximum absolute atomic E-state index is 13.0. The number of amides is 1. The van der Waals surface area contributed by atoms with Crippen LogP contribution in [0.3, 0.4) is 0 Å². The number of thioether (sulfide) groups is 1. The fourth-order valence-corrected chi connectivity index (χ4v) is 4.55. The van der Waals surface area contributed by atoms with Crippen LogP contribution in [0.1, 0.15) is 5.82 Å². The average Bonchev–Trinajstić information content (AvgIpc) is 3.37. The van der Waals surface area contributed by atoms with E-state index in [0.717, 1.165) is 22.0 Å². The van der Waals surface area contributed by atoms with Crippen molar-refractivity contribution in [1.82, 2.24) is 19.9 Å². The summed E-state index contributed by atoms with van der Waals surface area (Å²) in [4.78, 5) is 16.8. The van der Waals surface area contributed by atoms with Gasteiger partial charge in [-0.1, -0.05) is 23.1 Å². The molecule has 1 aliphatic rings. The number of nitrogens with one attached hydrogen (secondary N) is 1. The van der Waals surface area contributed by atoms with E-state index >= 15 is 0 Å². The fourth-order valence-electron chi connectivity index (χ4n) is 2.99. The van der Waals surface area contributed by atoms with Crippen LogP contribution in [0, 0.1) is 5.82 Å². The Bertz CT molecular complexity index is 1270. The predicted octanol–water partition coefficient (Wildman–Crippen LogP) is 2.82. The summed E-state index contributed by atoms with van der Waals surface area (Å²) in [6.07, 6.45) is 0. The summed E-state index contributed by atoms with van der Waals surface area (Å²) < 4.78 is 31.8. The van der Waals surface area contributed by atoms with Crippen molar-refractivity contribution in [2.75, 3.05) is 30.1 Å². The largest absolute Gasteiger partial charge is 0.486 e. The van der Waals surface area contributed by atoms with E-state index in [4.69, 9.17) is 20.1 Å². The molecule has 33 heavy (non-hydrogen) atoms. The highest BCUT2D eigenvalue weighted by Gasteiger charge is 2.17. The van der Waals surface area contributed by atoms with Gasteiger partial charge in [-0.2, -0.15) is 0 Å². The number of aromatic nitrogens is 4. The predicted molar refractivity (Wildman–Crippen MR) is 121 cm³/mol. The third-order valence-corrected chi connectivity index (χ3v) is 6.42. The molecular weight excluding hydrogens is 471 g/mol. The second-order valence-electron chi connectivity index (χ2n) is 6.83. The van der Waals surface area contributed by atoms with Crippen LogP contribution in [-0.2, 0) is 11.4 Å². The molecule has 5 rings (SSSR count). The molecule has 0 spiro atoms. The first-order valence-corrected chi connectivity index (χ1v) is 11.6. The Balaban J connectivity index is 1.17. The SMILES string of the molecule is Nn1c(COc2ccc(F)cc2)nnc1SCC(=O)Nc1nc2cc3c(cc2s1)OCCO3. The van der Waals surface area contributed by atoms with Gasteiger partial charge >= 0.3 is 0 Å². The van der Waals surface area contributed by atoms with Gasteiger partial charge in [0.2, 0.25) is 11.1 Å². The van der Waals surface area contributed by atoms with E-state index in [9.17, 15) is 9.18 Å². The Morgan fingerprint density at radius 2 is 1.97 bits per heavy atom. The number of nitrogen functional groups attached to an aromatic ring is 1. The van der Waals surface area contributed by atoms with Gasteiger partial charge in [0.15, 0.2) is 22.5 Å². The number of hydrogen-bond acceptors (Lipinski definition) is 10. The molecule has 2 aromatic carbocycles.